The van der Waals surface area contributed by atoms with Gasteiger partial charge in [-0.1, -0.05) is 29.8 Å². The molecule has 4 aromatic rings. The molecule has 0 fully saturated rings. The summed E-state index contributed by atoms with van der Waals surface area (Å²) >= 11 is 0. The van der Waals surface area contributed by atoms with Crippen molar-refractivity contribution in [2.24, 2.45) is 0 Å². The van der Waals surface area contributed by atoms with Crippen molar-refractivity contribution < 1.29 is 23.8 Å². The first-order valence-corrected chi connectivity index (χ1v) is 11.5. The van der Waals surface area contributed by atoms with Crippen LogP contribution in [-0.4, -0.2) is 39.9 Å². The minimum atomic E-state index is -0.366. The summed E-state index contributed by atoms with van der Waals surface area (Å²) in [6.45, 7) is 1.92. The zero-order valence-corrected chi connectivity index (χ0v) is 19.8. The highest BCUT2D eigenvalue weighted by atomic mass is 19.1. The number of hydrogen-bond acceptors (Lipinski definition) is 5. The second-order valence-corrected chi connectivity index (χ2v) is 8.39. The first-order chi connectivity index (χ1) is 17.4. The van der Waals surface area contributed by atoms with Gasteiger partial charge in [0.2, 0.25) is 0 Å². The number of amides is 1. The van der Waals surface area contributed by atoms with Gasteiger partial charge in [-0.05, 0) is 48.4 Å². The Bertz CT molecular complexity index is 1370. The molecule has 0 aliphatic carbocycles. The molecule has 36 heavy (non-hydrogen) atoms. The molecule has 1 amide bonds. The average molecular weight is 488 g/mol. The lowest BCUT2D eigenvalue weighted by Crippen LogP contribution is -2.25. The van der Waals surface area contributed by atoms with Crippen molar-refractivity contribution in [2.45, 2.75) is 19.8 Å². The molecule has 0 unspecified atom stereocenters. The lowest BCUT2D eigenvalue weighted by Gasteiger charge is -2.08. The number of aliphatic hydroxyl groups excluding tert-OH is 1. The molecular weight excluding hydrogens is 461 g/mol. The fourth-order valence-corrected chi connectivity index (χ4v) is 3.72. The molecular formula is C28H26FN3O4. The van der Waals surface area contributed by atoms with Gasteiger partial charge in [0.15, 0.2) is 0 Å². The number of ether oxygens (including phenoxy) is 1. The van der Waals surface area contributed by atoms with Gasteiger partial charge in [0.1, 0.15) is 23.1 Å². The smallest absolute Gasteiger partial charge is 0.252 e. The maximum Gasteiger partial charge on any atom is 0.252 e. The summed E-state index contributed by atoms with van der Waals surface area (Å²) in [5, 5.41) is 11.4. The van der Waals surface area contributed by atoms with Gasteiger partial charge in [0.25, 0.3) is 5.91 Å². The van der Waals surface area contributed by atoms with Crippen LogP contribution >= 0.6 is 0 Å². The van der Waals surface area contributed by atoms with E-state index in [0.717, 1.165) is 11.1 Å². The number of aromatic nitrogens is 2. The van der Waals surface area contributed by atoms with E-state index in [9.17, 15) is 14.0 Å². The highest BCUT2D eigenvalue weighted by molar-refractivity contribution is 5.95. The topological polar surface area (TPSA) is 104 Å². The lowest BCUT2D eigenvalue weighted by molar-refractivity contribution is -0.117. The van der Waals surface area contributed by atoms with Gasteiger partial charge in [-0.2, -0.15) is 0 Å². The minimum Gasteiger partial charge on any atom is -0.457 e. The Kier molecular flexibility index (Phi) is 7.87. The Morgan fingerprint density at radius 2 is 1.83 bits per heavy atom. The number of aryl methyl sites for hydroxylation is 1. The molecule has 0 bridgehead atoms. The van der Waals surface area contributed by atoms with Crippen LogP contribution in [0, 0.1) is 12.7 Å². The Hall–Kier alpha value is -4.30. The van der Waals surface area contributed by atoms with E-state index in [1.807, 2.05) is 19.1 Å². The number of pyridine rings is 1. The predicted octanol–water partition coefficient (Wildman–Crippen LogP) is 4.39. The van der Waals surface area contributed by atoms with Gasteiger partial charge in [-0.15, -0.1) is 0 Å². The monoisotopic (exact) mass is 487 g/mol. The molecule has 0 aliphatic heterocycles. The van der Waals surface area contributed by atoms with Crippen LogP contribution < -0.4 is 10.1 Å². The summed E-state index contributed by atoms with van der Waals surface area (Å²) in [4.78, 5) is 31.8. The highest BCUT2D eigenvalue weighted by Gasteiger charge is 2.12. The molecule has 3 N–H and O–H groups in total. The van der Waals surface area contributed by atoms with Crippen molar-refractivity contribution in [1.29, 1.82) is 0 Å². The molecule has 0 saturated carbocycles. The number of carbonyl (C=O) groups excluding carboxylic acids is 2. The third-order valence-corrected chi connectivity index (χ3v) is 5.50. The predicted molar refractivity (Wildman–Crippen MR) is 134 cm³/mol. The van der Waals surface area contributed by atoms with Crippen LogP contribution in [0.4, 0.5) is 4.39 Å². The van der Waals surface area contributed by atoms with Crippen LogP contribution in [0.3, 0.4) is 0 Å². The fourth-order valence-electron chi connectivity index (χ4n) is 3.72. The summed E-state index contributed by atoms with van der Waals surface area (Å²) in [7, 11) is 0. The van der Waals surface area contributed by atoms with E-state index in [1.165, 1.54) is 6.07 Å². The minimum absolute atomic E-state index is 0.0507. The van der Waals surface area contributed by atoms with Gasteiger partial charge in [-0.3, -0.25) is 14.6 Å². The van der Waals surface area contributed by atoms with Gasteiger partial charge in [0, 0.05) is 37.8 Å². The average Bonchev–Trinajstić information content (AvgIpc) is 3.37. The molecule has 184 valence electrons. The summed E-state index contributed by atoms with van der Waals surface area (Å²) < 4.78 is 19.9. The number of carbonyl (C=O) groups is 2. The van der Waals surface area contributed by atoms with Crippen LogP contribution in [0.5, 0.6) is 11.5 Å². The highest BCUT2D eigenvalue weighted by Crippen LogP contribution is 2.26. The van der Waals surface area contributed by atoms with E-state index in [4.69, 9.17) is 9.84 Å². The number of benzene rings is 2. The summed E-state index contributed by atoms with van der Waals surface area (Å²) in [5.41, 5.74) is 3.82. The van der Waals surface area contributed by atoms with Crippen LogP contribution in [-0.2, 0) is 17.6 Å². The summed E-state index contributed by atoms with van der Waals surface area (Å²) in [6.07, 6.45) is 3.43. The molecule has 4 rings (SSSR count). The van der Waals surface area contributed by atoms with Crippen LogP contribution in [0.2, 0.25) is 0 Å². The number of hydrogen-bond donors (Lipinski definition) is 3. The maximum absolute atomic E-state index is 13.9. The third kappa shape index (κ3) is 6.43. The van der Waals surface area contributed by atoms with E-state index in [1.54, 1.807) is 54.9 Å². The quantitative estimate of drug-likeness (QED) is 0.308. The lowest BCUT2D eigenvalue weighted by atomic mass is 10.0. The molecule has 8 heteroatoms. The van der Waals surface area contributed by atoms with Crippen LogP contribution in [0.15, 0.2) is 73.1 Å². The van der Waals surface area contributed by atoms with E-state index in [-0.39, 0.29) is 43.5 Å². The maximum atomic E-state index is 13.9. The Morgan fingerprint density at radius 1 is 1.03 bits per heavy atom. The van der Waals surface area contributed by atoms with Crippen molar-refractivity contribution in [3.05, 3.63) is 101 Å². The van der Waals surface area contributed by atoms with Gasteiger partial charge in [-0.25, -0.2) is 4.39 Å². The number of nitrogens with zero attached hydrogens (tertiary/aromatic N) is 1. The number of aliphatic hydroxyl groups is 1. The SMILES string of the molecule is Cc1ccc(F)c(CC(=O)Cc2ccc(Oc3ccnc(-c4cc(C(=O)NCCO)c[nH]4)c3)cc2)c1. The Balaban J connectivity index is 1.37. The molecule has 0 radical (unpaired) electrons. The number of H-pyrrole nitrogens is 1. The van der Waals surface area contributed by atoms with E-state index in [0.29, 0.717) is 34.0 Å². The zero-order valence-electron chi connectivity index (χ0n) is 19.8. The van der Waals surface area contributed by atoms with Crippen molar-refractivity contribution in [3.63, 3.8) is 0 Å². The fraction of sp³-hybridized carbons (Fsp3) is 0.179. The van der Waals surface area contributed by atoms with Crippen LogP contribution in [0.25, 0.3) is 11.4 Å². The Morgan fingerprint density at radius 3 is 2.61 bits per heavy atom. The number of ketones is 1. The molecule has 0 saturated heterocycles. The van der Waals surface area contributed by atoms with Gasteiger partial charge in [0.05, 0.1) is 23.6 Å². The van der Waals surface area contributed by atoms with Crippen molar-refractivity contribution >= 4 is 11.7 Å². The van der Waals surface area contributed by atoms with Crippen LogP contribution in [0.1, 0.15) is 27.0 Å². The van der Waals surface area contributed by atoms with E-state index < -0.39 is 0 Å². The first kappa shape index (κ1) is 24.8. The largest absolute Gasteiger partial charge is 0.457 e. The Labute approximate surface area is 208 Å². The van der Waals surface area contributed by atoms with Crippen molar-refractivity contribution in [3.8, 4) is 22.9 Å². The number of nitrogens with one attached hydrogen (secondary N) is 2. The molecule has 2 aromatic carbocycles. The molecule has 0 aliphatic rings. The molecule has 0 spiro atoms. The van der Waals surface area contributed by atoms with E-state index in [2.05, 4.69) is 15.3 Å². The van der Waals surface area contributed by atoms with Gasteiger partial charge >= 0.3 is 0 Å². The molecule has 0 atom stereocenters. The molecule has 2 aromatic heterocycles. The number of halogens is 1. The molecule has 2 heterocycles. The van der Waals surface area contributed by atoms with Gasteiger partial charge < -0.3 is 20.1 Å². The summed E-state index contributed by atoms with van der Waals surface area (Å²) in [6, 6.07) is 17.1. The number of aromatic amines is 1. The van der Waals surface area contributed by atoms with E-state index >= 15 is 0 Å². The number of Topliss-reactive ketones (excluding diaryl/α,β-unsaturated/α-hetero) is 1. The second-order valence-electron chi connectivity index (χ2n) is 8.39. The van der Waals surface area contributed by atoms with Crippen molar-refractivity contribution in [1.82, 2.24) is 15.3 Å². The normalized spacial score (nSPS) is 10.8. The third-order valence-electron chi connectivity index (χ3n) is 5.50. The van der Waals surface area contributed by atoms with Crippen molar-refractivity contribution in [2.75, 3.05) is 13.2 Å². The zero-order chi connectivity index (χ0) is 25.5. The second kappa shape index (κ2) is 11.4. The summed E-state index contributed by atoms with van der Waals surface area (Å²) in [5.74, 6) is 0.419. The first-order valence-electron chi connectivity index (χ1n) is 11.5. The standard InChI is InChI=1S/C28H26FN3O4/c1-18-2-7-25(29)20(12-18)14-22(34)13-19-3-5-23(6-4-19)36-24-8-9-30-27(16-24)26-15-21(17-32-26)28(35)31-10-11-33/h2-9,12,15-17,32-33H,10-11,13-14H2,1H3,(H,31,35). The molecule has 7 nitrogen and oxygen atoms in total. The number of rotatable bonds is 10.